The Hall–Kier alpha value is -0.670. The highest BCUT2D eigenvalue weighted by Gasteiger charge is 2.17. The SMILES string of the molecule is CCNC(CS(=O)Cc1cc(C)cc(C)c1)C(C)CC. The number of hydrogen-bond acceptors (Lipinski definition) is 2. The van der Waals surface area contributed by atoms with E-state index in [9.17, 15) is 4.21 Å². The summed E-state index contributed by atoms with van der Waals surface area (Å²) in [6.45, 7) is 11.7. The van der Waals surface area contributed by atoms with E-state index < -0.39 is 10.8 Å². The maximum atomic E-state index is 12.4. The molecule has 0 spiro atoms. The van der Waals surface area contributed by atoms with Gasteiger partial charge in [0.25, 0.3) is 0 Å². The Morgan fingerprint density at radius 3 is 2.25 bits per heavy atom. The second-order valence-corrected chi connectivity index (χ2v) is 7.30. The first-order valence-electron chi connectivity index (χ1n) is 7.61. The highest BCUT2D eigenvalue weighted by Crippen LogP contribution is 2.14. The van der Waals surface area contributed by atoms with E-state index in [2.05, 4.69) is 58.1 Å². The van der Waals surface area contributed by atoms with Gasteiger partial charge in [-0.1, -0.05) is 56.5 Å². The van der Waals surface area contributed by atoms with E-state index in [1.807, 2.05) is 0 Å². The van der Waals surface area contributed by atoms with E-state index in [1.54, 1.807) is 0 Å². The van der Waals surface area contributed by atoms with Crippen molar-refractivity contribution in [1.82, 2.24) is 5.32 Å². The van der Waals surface area contributed by atoms with Crippen LogP contribution in [0.4, 0.5) is 0 Å². The monoisotopic (exact) mass is 295 g/mol. The van der Waals surface area contributed by atoms with Gasteiger partial charge in [0.05, 0.1) is 0 Å². The first-order valence-corrected chi connectivity index (χ1v) is 9.10. The molecule has 0 fully saturated rings. The summed E-state index contributed by atoms with van der Waals surface area (Å²) in [5, 5.41) is 3.48. The van der Waals surface area contributed by atoms with E-state index in [0.29, 0.717) is 17.7 Å². The minimum Gasteiger partial charge on any atom is -0.313 e. The third kappa shape index (κ3) is 5.76. The Balaban J connectivity index is 2.65. The third-order valence-electron chi connectivity index (χ3n) is 3.77. The molecule has 0 bridgehead atoms. The minimum absolute atomic E-state index is 0.358. The molecule has 0 saturated heterocycles. The molecule has 3 atom stereocenters. The van der Waals surface area contributed by atoms with Gasteiger partial charge in [0.2, 0.25) is 0 Å². The van der Waals surface area contributed by atoms with Gasteiger partial charge in [-0.15, -0.1) is 0 Å². The zero-order valence-electron chi connectivity index (χ0n) is 13.5. The molecule has 0 saturated carbocycles. The van der Waals surface area contributed by atoms with Gasteiger partial charge in [0.15, 0.2) is 0 Å². The van der Waals surface area contributed by atoms with E-state index in [-0.39, 0.29) is 0 Å². The molecular weight excluding hydrogens is 266 g/mol. The zero-order valence-corrected chi connectivity index (χ0v) is 14.3. The van der Waals surface area contributed by atoms with Crippen LogP contribution in [0.15, 0.2) is 18.2 Å². The number of nitrogens with one attached hydrogen (secondary N) is 1. The van der Waals surface area contributed by atoms with Gasteiger partial charge in [0, 0.05) is 28.3 Å². The Labute approximate surface area is 126 Å². The summed E-state index contributed by atoms with van der Waals surface area (Å²) in [4.78, 5) is 0. The lowest BCUT2D eigenvalue weighted by atomic mass is 10.0. The van der Waals surface area contributed by atoms with Crippen LogP contribution >= 0.6 is 0 Å². The maximum absolute atomic E-state index is 12.4. The van der Waals surface area contributed by atoms with E-state index in [4.69, 9.17) is 0 Å². The molecule has 0 aliphatic rings. The summed E-state index contributed by atoms with van der Waals surface area (Å²) in [5.74, 6) is 1.98. The van der Waals surface area contributed by atoms with E-state index in [1.165, 1.54) is 16.7 Å². The largest absolute Gasteiger partial charge is 0.313 e. The van der Waals surface area contributed by atoms with Crippen molar-refractivity contribution in [3.63, 3.8) is 0 Å². The normalized spacial score (nSPS) is 15.8. The van der Waals surface area contributed by atoms with Crippen LogP contribution in [0.25, 0.3) is 0 Å². The molecular formula is C17H29NOS. The molecule has 0 aromatic heterocycles. The van der Waals surface area contributed by atoms with Gasteiger partial charge in [-0.05, 0) is 31.9 Å². The highest BCUT2D eigenvalue weighted by atomic mass is 32.2. The maximum Gasteiger partial charge on any atom is 0.0486 e. The summed E-state index contributed by atoms with van der Waals surface area (Å²) in [6, 6.07) is 6.82. The van der Waals surface area contributed by atoms with Gasteiger partial charge in [-0.2, -0.15) is 0 Å². The quantitative estimate of drug-likeness (QED) is 0.794. The van der Waals surface area contributed by atoms with Crippen molar-refractivity contribution in [2.75, 3.05) is 12.3 Å². The molecule has 3 heteroatoms. The molecule has 20 heavy (non-hydrogen) atoms. The third-order valence-corrected chi connectivity index (χ3v) is 5.16. The van der Waals surface area contributed by atoms with Crippen molar-refractivity contribution in [3.05, 3.63) is 34.9 Å². The Morgan fingerprint density at radius 1 is 1.15 bits per heavy atom. The number of rotatable bonds is 8. The fourth-order valence-corrected chi connectivity index (χ4v) is 4.07. The molecule has 1 aromatic carbocycles. The van der Waals surface area contributed by atoms with Crippen LogP contribution in [0, 0.1) is 19.8 Å². The van der Waals surface area contributed by atoms with Crippen molar-refractivity contribution in [2.45, 2.75) is 52.8 Å². The second kappa shape index (κ2) is 8.58. The molecule has 0 aliphatic carbocycles. The summed E-state index contributed by atoms with van der Waals surface area (Å²) in [7, 11) is -0.804. The Morgan fingerprint density at radius 2 is 1.75 bits per heavy atom. The molecule has 0 radical (unpaired) electrons. The smallest absolute Gasteiger partial charge is 0.0486 e. The van der Waals surface area contributed by atoms with Crippen LogP contribution in [0.3, 0.4) is 0 Å². The first-order chi connectivity index (χ1) is 9.46. The van der Waals surface area contributed by atoms with Crippen LogP contribution in [0.5, 0.6) is 0 Å². The lowest BCUT2D eigenvalue weighted by Gasteiger charge is -2.23. The summed E-state index contributed by atoms with van der Waals surface area (Å²) in [5.41, 5.74) is 3.70. The second-order valence-electron chi connectivity index (χ2n) is 5.80. The molecule has 2 nitrogen and oxygen atoms in total. The van der Waals surface area contributed by atoms with Crippen LogP contribution in [0.2, 0.25) is 0 Å². The van der Waals surface area contributed by atoms with Crippen molar-refractivity contribution in [3.8, 4) is 0 Å². The van der Waals surface area contributed by atoms with Crippen molar-refractivity contribution in [1.29, 1.82) is 0 Å². The standard InChI is InChI=1S/C17H29NOS/c1-6-15(5)17(18-7-2)12-20(19)11-16-9-13(3)8-14(4)10-16/h8-10,15,17-18H,6-7,11-12H2,1-5H3. The lowest BCUT2D eigenvalue weighted by Crippen LogP contribution is -2.39. The van der Waals surface area contributed by atoms with Crippen molar-refractivity contribution < 1.29 is 4.21 Å². The summed E-state index contributed by atoms with van der Waals surface area (Å²) < 4.78 is 12.4. The molecule has 1 aromatic rings. The average molecular weight is 295 g/mol. The Bertz CT molecular complexity index is 424. The number of benzene rings is 1. The predicted molar refractivity (Wildman–Crippen MR) is 89.5 cm³/mol. The topological polar surface area (TPSA) is 29.1 Å². The zero-order chi connectivity index (χ0) is 15.1. The van der Waals surface area contributed by atoms with Crippen LogP contribution in [0.1, 0.15) is 43.9 Å². The molecule has 1 rings (SSSR count). The molecule has 0 heterocycles. The van der Waals surface area contributed by atoms with Gasteiger partial charge in [-0.3, -0.25) is 4.21 Å². The van der Waals surface area contributed by atoms with Gasteiger partial charge >= 0.3 is 0 Å². The molecule has 0 amide bonds. The number of aryl methyl sites for hydroxylation is 2. The van der Waals surface area contributed by atoms with Crippen molar-refractivity contribution >= 4 is 10.8 Å². The molecule has 1 N–H and O–H groups in total. The van der Waals surface area contributed by atoms with E-state index >= 15 is 0 Å². The fourth-order valence-electron chi connectivity index (χ4n) is 2.57. The summed E-state index contributed by atoms with van der Waals surface area (Å²) in [6.07, 6.45) is 1.12. The van der Waals surface area contributed by atoms with E-state index in [0.717, 1.165) is 18.7 Å². The van der Waals surface area contributed by atoms with Crippen molar-refractivity contribution in [2.24, 2.45) is 5.92 Å². The average Bonchev–Trinajstić information content (AvgIpc) is 2.35. The number of hydrogen-bond donors (Lipinski definition) is 1. The Kier molecular flexibility index (Phi) is 7.46. The van der Waals surface area contributed by atoms with Crippen LogP contribution < -0.4 is 5.32 Å². The molecule has 0 aliphatic heterocycles. The molecule has 3 unspecified atom stereocenters. The van der Waals surface area contributed by atoms with Gasteiger partial charge in [-0.25, -0.2) is 0 Å². The van der Waals surface area contributed by atoms with Crippen LogP contribution in [-0.4, -0.2) is 22.5 Å². The lowest BCUT2D eigenvalue weighted by molar-refractivity contribution is 0.401. The van der Waals surface area contributed by atoms with Gasteiger partial charge < -0.3 is 5.32 Å². The fraction of sp³-hybridized carbons (Fsp3) is 0.647. The first kappa shape index (κ1) is 17.4. The molecule has 114 valence electrons. The van der Waals surface area contributed by atoms with Gasteiger partial charge in [0.1, 0.15) is 0 Å². The predicted octanol–water partition coefficient (Wildman–Crippen LogP) is 3.58. The highest BCUT2D eigenvalue weighted by molar-refractivity contribution is 7.84. The summed E-state index contributed by atoms with van der Waals surface area (Å²) >= 11 is 0. The van der Waals surface area contributed by atoms with Crippen LogP contribution in [-0.2, 0) is 16.6 Å². The minimum atomic E-state index is -0.804.